The summed E-state index contributed by atoms with van der Waals surface area (Å²) in [4.78, 5) is 33.3. The number of carbonyl (C=O) groups is 2. The fourth-order valence-electron chi connectivity index (χ4n) is 1.57. The van der Waals surface area contributed by atoms with Gasteiger partial charge in [-0.15, -0.1) is 0 Å². The molecule has 7 nitrogen and oxygen atoms in total. The van der Waals surface area contributed by atoms with Crippen LogP contribution in [-0.2, 0) is 14.3 Å². The lowest BCUT2D eigenvalue weighted by atomic mass is 10.2. The van der Waals surface area contributed by atoms with Gasteiger partial charge in [0.15, 0.2) is 6.10 Å². The first kappa shape index (κ1) is 17.4. The molecule has 1 atom stereocenters. The molecule has 7 heteroatoms. The Morgan fingerprint density at radius 1 is 1.45 bits per heavy atom. The van der Waals surface area contributed by atoms with Crippen molar-refractivity contribution in [3.63, 3.8) is 0 Å². The molecule has 0 spiro atoms. The number of carbonyl (C=O) groups excluding carboxylic acids is 2. The van der Waals surface area contributed by atoms with Crippen molar-refractivity contribution in [2.45, 2.75) is 26.4 Å². The molecule has 0 aliphatic carbocycles. The van der Waals surface area contributed by atoms with Crippen molar-refractivity contribution < 1.29 is 19.2 Å². The molecule has 1 N–H and O–H groups in total. The molecule has 1 amide bonds. The van der Waals surface area contributed by atoms with Crippen molar-refractivity contribution in [3.05, 3.63) is 46.0 Å². The molecule has 1 unspecified atom stereocenters. The van der Waals surface area contributed by atoms with Crippen molar-refractivity contribution in [3.8, 4) is 0 Å². The number of hydrogen-bond acceptors (Lipinski definition) is 5. The number of rotatable bonds is 7. The van der Waals surface area contributed by atoms with Crippen molar-refractivity contribution >= 4 is 23.6 Å². The summed E-state index contributed by atoms with van der Waals surface area (Å²) in [6.45, 7) is 3.91. The summed E-state index contributed by atoms with van der Waals surface area (Å²) in [6, 6.07) is 5.83. The average Bonchev–Trinajstić information content (AvgIpc) is 2.50. The van der Waals surface area contributed by atoms with Crippen LogP contribution in [0.25, 0.3) is 6.08 Å². The Morgan fingerprint density at radius 2 is 2.18 bits per heavy atom. The molecule has 0 radical (unpaired) electrons. The van der Waals surface area contributed by atoms with E-state index in [1.54, 1.807) is 6.07 Å². The Balaban J connectivity index is 2.59. The van der Waals surface area contributed by atoms with Gasteiger partial charge in [0.2, 0.25) is 0 Å². The van der Waals surface area contributed by atoms with E-state index in [9.17, 15) is 19.7 Å². The highest BCUT2D eigenvalue weighted by atomic mass is 16.6. The van der Waals surface area contributed by atoms with Gasteiger partial charge in [0.25, 0.3) is 11.6 Å². The Hall–Kier alpha value is -2.70. The highest BCUT2D eigenvalue weighted by molar-refractivity contribution is 5.90. The molecule has 0 bridgehead atoms. The van der Waals surface area contributed by atoms with Crippen LogP contribution in [0.3, 0.4) is 0 Å². The van der Waals surface area contributed by atoms with Crippen LogP contribution in [0.5, 0.6) is 0 Å². The van der Waals surface area contributed by atoms with Gasteiger partial charge in [0.05, 0.1) is 4.92 Å². The topological polar surface area (TPSA) is 98.5 Å². The van der Waals surface area contributed by atoms with Crippen LogP contribution in [0.15, 0.2) is 30.3 Å². The fourth-order valence-corrected chi connectivity index (χ4v) is 1.57. The Morgan fingerprint density at radius 3 is 2.82 bits per heavy atom. The zero-order chi connectivity index (χ0) is 16.5. The molecule has 0 saturated heterocycles. The summed E-state index contributed by atoms with van der Waals surface area (Å²) in [5, 5.41) is 13.3. The number of non-ortho nitro benzene ring substituents is 1. The first-order valence-electron chi connectivity index (χ1n) is 6.85. The first-order valence-corrected chi connectivity index (χ1v) is 6.85. The third-order valence-corrected chi connectivity index (χ3v) is 2.70. The summed E-state index contributed by atoms with van der Waals surface area (Å²) in [7, 11) is 0. The summed E-state index contributed by atoms with van der Waals surface area (Å²) < 4.78 is 4.94. The second-order valence-electron chi connectivity index (χ2n) is 4.56. The van der Waals surface area contributed by atoms with Crippen LogP contribution in [0.2, 0.25) is 0 Å². The smallest absolute Gasteiger partial charge is 0.331 e. The van der Waals surface area contributed by atoms with E-state index in [1.807, 2.05) is 6.92 Å². The van der Waals surface area contributed by atoms with Crippen molar-refractivity contribution in [2.75, 3.05) is 6.54 Å². The Kier molecular flexibility index (Phi) is 6.75. The standard InChI is InChI=1S/C15H18N2O5/c1-3-9-16-15(19)11(2)22-14(18)8-7-12-5-4-6-13(10-12)17(20)21/h4-8,10-11H,3,9H2,1-2H3,(H,16,19)/b8-7+. The summed E-state index contributed by atoms with van der Waals surface area (Å²) in [6.07, 6.45) is 2.42. The molecule has 22 heavy (non-hydrogen) atoms. The van der Waals surface area contributed by atoms with Gasteiger partial charge in [-0.2, -0.15) is 0 Å². The number of hydrogen-bond donors (Lipinski definition) is 1. The zero-order valence-corrected chi connectivity index (χ0v) is 12.4. The monoisotopic (exact) mass is 306 g/mol. The van der Waals surface area contributed by atoms with E-state index in [1.165, 1.54) is 31.2 Å². The average molecular weight is 306 g/mol. The quantitative estimate of drug-likeness (QED) is 0.360. The molecular weight excluding hydrogens is 288 g/mol. The lowest BCUT2D eigenvalue weighted by Gasteiger charge is -2.11. The van der Waals surface area contributed by atoms with Crippen LogP contribution < -0.4 is 5.32 Å². The number of amides is 1. The second-order valence-corrected chi connectivity index (χ2v) is 4.56. The Labute approximate surface area is 128 Å². The van der Waals surface area contributed by atoms with Gasteiger partial charge in [0.1, 0.15) is 0 Å². The largest absolute Gasteiger partial charge is 0.449 e. The van der Waals surface area contributed by atoms with E-state index < -0.39 is 17.0 Å². The molecule has 0 aliphatic heterocycles. The minimum Gasteiger partial charge on any atom is -0.449 e. The highest BCUT2D eigenvalue weighted by Crippen LogP contribution is 2.14. The lowest BCUT2D eigenvalue weighted by molar-refractivity contribution is -0.384. The van der Waals surface area contributed by atoms with Crippen molar-refractivity contribution in [2.24, 2.45) is 0 Å². The second kappa shape index (κ2) is 8.56. The van der Waals surface area contributed by atoms with E-state index in [-0.39, 0.29) is 11.6 Å². The van der Waals surface area contributed by atoms with E-state index >= 15 is 0 Å². The van der Waals surface area contributed by atoms with Crippen LogP contribution in [-0.4, -0.2) is 29.4 Å². The molecule has 0 saturated carbocycles. The van der Waals surface area contributed by atoms with Crippen LogP contribution in [0.1, 0.15) is 25.8 Å². The molecule has 0 aromatic heterocycles. The molecule has 0 heterocycles. The van der Waals surface area contributed by atoms with Gasteiger partial charge in [-0.25, -0.2) is 4.79 Å². The number of benzene rings is 1. The van der Waals surface area contributed by atoms with Crippen molar-refractivity contribution in [1.82, 2.24) is 5.32 Å². The summed E-state index contributed by atoms with van der Waals surface area (Å²) >= 11 is 0. The number of nitrogens with one attached hydrogen (secondary N) is 1. The van der Waals surface area contributed by atoms with Gasteiger partial charge in [-0.3, -0.25) is 14.9 Å². The van der Waals surface area contributed by atoms with E-state index in [0.717, 1.165) is 12.5 Å². The number of nitro benzene ring substituents is 1. The summed E-state index contributed by atoms with van der Waals surface area (Å²) in [5.74, 6) is -1.05. The minimum atomic E-state index is -0.895. The molecule has 1 aromatic carbocycles. The minimum absolute atomic E-state index is 0.0668. The van der Waals surface area contributed by atoms with Gasteiger partial charge < -0.3 is 10.1 Å². The number of esters is 1. The first-order chi connectivity index (χ1) is 10.4. The van der Waals surface area contributed by atoms with Crippen LogP contribution in [0.4, 0.5) is 5.69 Å². The third-order valence-electron chi connectivity index (χ3n) is 2.70. The van der Waals surface area contributed by atoms with Crippen LogP contribution >= 0.6 is 0 Å². The van der Waals surface area contributed by atoms with Gasteiger partial charge >= 0.3 is 5.97 Å². The number of nitrogens with zero attached hydrogens (tertiary/aromatic N) is 1. The van der Waals surface area contributed by atoms with Crippen LogP contribution in [0, 0.1) is 10.1 Å². The van der Waals surface area contributed by atoms with Gasteiger partial charge in [-0.1, -0.05) is 19.1 Å². The normalized spacial score (nSPS) is 11.9. The molecule has 0 aliphatic rings. The zero-order valence-electron chi connectivity index (χ0n) is 12.4. The number of ether oxygens (including phenoxy) is 1. The predicted octanol–water partition coefficient (Wildman–Crippen LogP) is 2.07. The van der Waals surface area contributed by atoms with E-state index in [0.29, 0.717) is 12.1 Å². The van der Waals surface area contributed by atoms with Gasteiger partial charge in [-0.05, 0) is 25.0 Å². The molecule has 1 aromatic rings. The highest BCUT2D eigenvalue weighted by Gasteiger charge is 2.15. The SMILES string of the molecule is CCCNC(=O)C(C)OC(=O)/C=C/c1cccc([N+](=O)[O-])c1. The van der Waals surface area contributed by atoms with E-state index in [4.69, 9.17) is 4.74 Å². The molecule has 118 valence electrons. The maximum atomic E-state index is 11.6. The maximum Gasteiger partial charge on any atom is 0.331 e. The van der Waals surface area contributed by atoms with Crippen molar-refractivity contribution in [1.29, 1.82) is 0 Å². The summed E-state index contributed by atoms with van der Waals surface area (Å²) in [5.41, 5.74) is 0.428. The lowest BCUT2D eigenvalue weighted by Crippen LogP contribution is -2.35. The fraction of sp³-hybridized carbons (Fsp3) is 0.333. The maximum absolute atomic E-state index is 11.6. The number of nitro groups is 1. The van der Waals surface area contributed by atoms with Gasteiger partial charge in [0, 0.05) is 24.8 Å². The molecule has 1 rings (SSSR count). The van der Waals surface area contributed by atoms with E-state index in [2.05, 4.69) is 5.32 Å². The molecule has 0 fully saturated rings. The third kappa shape index (κ3) is 5.74. The predicted molar refractivity (Wildman–Crippen MR) is 81.0 cm³/mol. The Bertz CT molecular complexity index is 583. The molecular formula is C15H18N2O5.